The molecule has 0 aliphatic heterocycles. The third kappa shape index (κ3) is 8.31. The number of halogens is 6. The number of carbonyl (C=O) groups excluding carboxylic acids is 1. The maximum Gasteiger partial charge on any atom is 0.308 e. The number of hydrogen-bond donors (Lipinski definition) is 0. The van der Waals surface area contributed by atoms with Crippen molar-refractivity contribution < 1.29 is 30.0 Å². The van der Waals surface area contributed by atoms with Gasteiger partial charge in [0.25, 0.3) is 0 Å². The topological polar surface area (TPSA) is 17.1 Å². The largest absolute Gasteiger partial charge is 0.308 e. The maximum absolute atomic E-state index is 14.1. The van der Waals surface area contributed by atoms with Crippen LogP contribution in [0.3, 0.4) is 0 Å². The van der Waals surface area contributed by atoms with Gasteiger partial charge in [0.15, 0.2) is 7.26 Å². The zero-order valence-electron chi connectivity index (χ0n) is 18.3. The molecule has 9 heteroatoms. The minimum Gasteiger partial charge on any atom is -0.246 e. The van der Waals surface area contributed by atoms with E-state index in [0.29, 0.717) is 0 Å². The molecule has 184 valence electrons. The Bertz CT molecular complexity index is 1200. The van der Waals surface area contributed by atoms with Gasteiger partial charge >= 0.3 is 38.5 Å². The Morgan fingerprint density at radius 1 is 0.543 bits per heavy atom. The molecule has 0 aliphatic rings. The van der Waals surface area contributed by atoms with Crippen LogP contribution in [0.2, 0.25) is 0 Å². The molecular weight excluding hydrogens is 504 g/mol. The fourth-order valence-corrected chi connectivity index (χ4v) is 7.65. The Morgan fingerprint density at radius 2 is 0.857 bits per heavy atom. The molecule has 4 aromatic rings. The third-order valence-electron chi connectivity index (χ3n) is 5.02. The third-order valence-corrected chi connectivity index (χ3v) is 9.17. The summed E-state index contributed by atoms with van der Waals surface area (Å²) in [7, 11) is -13.0. The van der Waals surface area contributed by atoms with E-state index in [4.69, 9.17) is 0 Å². The zero-order chi connectivity index (χ0) is 25.6. The van der Waals surface area contributed by atoms with E-state index in [0.717, 1.165) is 22.3 Å². The standard InChI is InChI=1S/C26H22OP.F6P/c27-26(23-15-7-2-8-16-23)28(24-17-9-3-10-18-24,25-19-11-4-12-20-25)21-22-13-5-1-6-14-22;1-7(2,3,4,5)6/h1-20H,21H2;/q+1;-1. The molecule has 0 radical (unpaired) electrons. The van der Waals surface area contributed by atoms with Crippen LogP contribution in [-0.2, 0) is 6.16 Å². The van der Waals surface area contributed by atoms with Crippen LogP contribution >= 0.6 is 15.1 Å². The molecule has 0 aromatic heterocycles. The molecule has 0 saturated heterocycles. The quantitative estimate of drug-likeness (QED) is 0.181. The molecule has 1 nitrogen and oxygen atoms in total. The van der Waals surface area contributed by atoms with E-state index in [9.17, 15) is 30.0 Å². The van der Waals surface area contributed by atoms with Crippen LogP contribution in [0.15, 0.2) is 121 Å². The first-order chi connectivity index (χ1) is 16.3. The SMILES string of the molecule is F[P-](F)(F)(F)(F)F.O=C(c1ccccc1)[P+](Cc1ccccc1)(c1ccccc1)c1ccccc1. The average molecular weight is 526 g/mol. The van der Waals surface area contributed by atoms with Crippen LogP contribution in [0.25, 0.3) is 0 Å². The van der Waals surface area contributed by atoms with E-state index in [-0.39, 0.29) is 5.52 Å². The van der Waals surface area contributed by atoms with E-state index in [1.165, 1.54) is 5.56 Å². The fourth-order valence-electron chi connectivity index (χ4n) is 3.66. The molecule has 0 bridgehead atoms. The summed E-state index contributed by atoms with van der Waals surface area (Å²) in [4.78, 5) is 14.1. The predicted molar refractivity (Wildman–Crippen MR) is 134 cm³/mol. The number of hydrogen-bond acceptors (Lipinski definition) is 1. The summed E-state index contributed by atoms with van der Waals surface area (Å²) in [5.41, 5.74) is 2.20. The molecule has 0 heterocycles. The molecule has 0 unspecified atom stereocenters. The van der Waals surface area contributed by atoms with Gasteiger partial charge in [-0.2, -0.15) is 0 Å². The maximum atomic E-state index is 14.1. The molecule has 0 spiro atoms. The van der Waals surface area contributed by atoms with Crippen molar-refractivity contribution in [2.24, 2.45) is 0 Å². The van der Waals surface area contributed by atoms with Crippen LogP contribution in [0.1, 0.15) is 15.9 Å². The number of carbonyl (C=O) groups is 1. The molecule has 0 amide bonds. The van der Waals surface area contributed by atoms with Crippen LogP contribution < -0.4 is 10.6 Å². The van der Waals surface area contributed by atoms with Gasteiger partial charge < -0.3 is 0 Å². The monoisotopic (exact) mass is 526 g/mol. The molecule has 0 N–H and O–H groups in total. The van der Waals surface area contributed by atoms with Crippen molar-refractivity contribution in [3.05, 3.63) is 132 Å². The molecular formula is C26H22F6OP2. The van der Waals surface area contributed by atoms with Crippen LogP contribution in [0, 0.1) is 0 Å². The van der Waals surface area contributed by atoms with Crippen LogP contribution in [0.4, 0.5) is 25.2 Å². The van der Waals surface area contributed by atoms with Gasteiger partial charge in [0.2, 0.25) is 0 Å². The Hall–Kier alpha value is -3.01. The van der Waals surface area contributed by atoms with Crippen molar-refractivity contribution >= 4 is 31.2 Å². The fraction of sp³-hybridized carbons (Fsp3) is 0.0385. The first-order valence-electron chi connectivity index (χ1n) is 10.5. The predicted octanol–water partition coefficient (Wildman–Crippen LogP) is 9.08. The van der Waals surface area contributed by atoms with E-state index in [1.807, 2.05) is 84.9 Å². The Morgan fingerprint density at radius 3 is 1.23 bits per heavy atom. The average Bonchev–Trinajstić information content (AvgIpc) is 2.82. The number of benzene rings is 4. The van der Waals surface area contributed by atoms with Gasteiger partial charge in [-0.25, -0.2) is 4.79 Å². The van der Waals surface area contributed by atoms with E-state index in [1.54, 1.807) is 0 Å². The Kier molecular flexibility index (Phi) is 7.26. The van der Waals surface area contributed by atoms with E-state index in [2.05, 4.69) is 36.4 Å². The Balaban J connectivity index is 0.000000429. The normalized spacial score (nSPS) is 13.5. The zero-order valence-corrected chi connectivity index (χ0v) is 20.1. The summed E-state index contributed by atoms with van der Waals surface area (Å²) in [5, 5.41) is 2.25. The van der Waals surface area contributed by atoms with Crippen molar-refractivity contribution in [1.29, 1.82) is 0 Å². The van der Waals surface area contributed by atoms with Gasteiger partial charge in [-0.05, 0) is 42.0 Å². The van der Waals surface area contributed by atoms with Crippen LogP contribution in [0.5, 0.6) is 0 Å². The van der Waals surface area contributed by atoms with Crippen molar-refractivity contribution in [2.75, 3.05) is 0 Å². The molecule has 0 saturated carbocycles. The molecule has 0 atom stereocenters. The summed E-state index contributed by atoms with van der Waals surface area (Å²) in [6, 6.07) is 40.7. The minimum absolute atomic E-state index is 0.231. The molecule has 0 fully saturated rings. The first-order valence-corrected chi connectivity index (χ1v) is 14.5. The summed E-state index contributed by atoms with van der Waals surface area (Å²) in [6.45, 7) is 0. The second-order valence-electron chi connectivity index (χ2n) is 7.75. The van der Waals surface area contributed by atoms with E-state index < -0.39 is 15.1 Å². The Labute approximate surface area is 200 Å². The second kappa shape index (κ2) is 9.56. The van der Waals surface area contributed by atoms with Crippen LogP contribution in [-0.4, -0.2) is 5.52 Å². The molecule has 4 aromatic carbocycles. The van der Waals surface area contributed by atoms with Crippen molar-refractivity contribution in [1.82, 2.24) is 0 Å². The molecule has 4 rings (SSSR count). The van der Waals surface area contributed by atoms with Gasteiger partial charge in [-0.15, -0.1) is 0 Å². The first kappa shape index (κ1) is 26.6. The van der Waals surface area contributed by atoms with Crippen molar-refractivity contribution in [3.8, 4) is 0 Å². The van der Waals surface area contributed by atoms with Gasteiger partial charge in [0, 0.05) is 0 Å². The van der Waals surface area contributed by atoms with Crippen molar-refractivity contribution in [2.45, 2.75) is 6.16 Å². The van der Waals surface area contributed by atoms with E-state index >= 15 is 0 Å². The van der Waals surface area contributed by atoms with Gasteiger partial charge in [0.05, 0.1) is 5.56 Å². The smallest absolute Gasteiger partial charge is 0.246 e. The van der Waals surface area contributed by atoms with Crippen molar-refractivity contribution in [3.63, 3.8) is 0 Å². The summed E-state index contributed by atoms with van der Waals surface area (Å²) < 4.78 is 59.2. The molecule has 0 aliphatic carbocycles. The summed E-state index contributed by atoms with van der Waals surface area (Å²) in [6.07, 6.45) is 0.718. The van der Waals surface area contributed by atoms with Gasteiger partial charge in [0.1, 0.15) is 16.8 Å². The summed E-state index contributed by atoms with van der Waals surface area (Å²) >= 11 is 0. The number of rotatable bonds is 6. The second-order valence-corrected chi connectivity index (χ2v) is 13.0. The van der Waals surface area contributed by atoms with Gasteiger partial charge in [-0.3, -0.25) is 0 Å². The summed E-state index contributed by atoms with van der Waals surface area (Å²) in [5.74, 6) is 0. The minimum atomic E-state index is -10.7. The molecule has 35 heavy (non-hydrogen) atoms. The van der Waals surface area contributed by atoms with Gasteiger partial charge in [-0.1, -0.05) is 84.9 Å².